The van der Waals surface area contributed by atoms with Gasteiger partial charge in [-0.15, -0.1) is 0 Å². The van der Waals surface area contributed by atoms with Crippen LogP contribution in [0.5, 0.6) is 0 Å². The Morgan fingerprint density at radius 2 is 2.10 bits per heavy atom. The number of hydrogen-bond acceptors (Lipinski definition) is 4. The van der Waals surface area contributed by atoms with Crippen LogP contribution in [0.1, 0.15) is 22.8 Å². The van der Waals surface area contributed by atoms with Crippen LogP contribution >= 0.6 is 0 Å². The van der Waals surface area contributed by atoms with E-state index in [9.17, 15) is 14.4 Å². The Bertz CT molecular complexity index is 750. The Hall–Kier alpha value is -2.76. The van der Waals surface area contributed by atoms with E-state index in [1.165, 1.54) is 24.0 Å². The van der Waals surface area contributed by atoms with Gasteiger partial charge in [-0.3, -0.25) is 19.0 Å². The lowest BCUT2D eigenvalue weighted by Crippen LogP contribution is -2.28. The number of hydrogen-bond donors (Lipinski definition) is 1. The second-order valence-electron chi connectivity index (χ2n) is 4.69. The number of anilines is 1. The molecule has 1 N–H and O–H groups in total. The number of benzene rings is 1. The van der Waals surface area contributed by atoms with E-state index in [0.717, 1.165) is 0 Å². The third-order valence-electron chi connectivity index (χ3n) is 2.94. The number of carbonyl (C=O) groups is 2. The summed E-state index contributed by atoms with van der Waals surface area (Å²) in [6, 6.07) is 6.64. The molecule has 0 unspecified atom stereocenters. The van der Waals surface area contributed by atoms with Gasteiger partial charge in [0.1, 0.15) is 6.54 Å². The Kier molecular flexibility index (Phi) is 4.27. The molecule has 1 amide bonds. The molecule has 1 aromatic carbocycles. The maximum atomic E-state index is 11.9. The lowest BCUT2D eigenvalue weighted by atomic mass is 10.1. The minimum absolute atomic E-state index is 0.0785. The van der Waals surface area contributed by atoms with Crippen molar-refractivity contribution in [3.63, 3.8) is 0 Å². The van der Waals surface area contributed by atoms with Gasteiger partial charge in [0.25, 0.3) is 5.56 Å². The van der Waals surface area contributed by atoms with Crippen molar-refractivity contribution >= 4 is 17.4 Å². The first kappa shape index (κ1) is 14.6. The quantitative estimate of drug-likeness (QED) is 0.861. The Morgan fingerprint density at radius 3 is 2.81 bits per heavy atom. The fraction of sp³-hybridized carbons (Fsp3) is 0.200. The average Bonchev–Trinajstić information content (AvgIpc) is 2.44. The smallest absolute Gasteiger partial charge is 0.256 e. The van der Waals surface area contributed by atoms with Crippen molar-refractivity contribution in [1.29, 1.82) is 0 Å². The number of amides is 1. The number of ketones is 1. The molecule has 0 bridgehead atoms. The number of aryl methyl sites for hydroxylation is 1. The molecule has 0 aliphatic carbocycles. The first-order valence-electron chi connectivity index (χ1n) is 6.39. The highest BCUT2D eigenvalue weighted by Crippen LogP contribution is 2.11. The van der Waals surface area contributed by atoms with Gasteiger partial charge in [0, 0.05) is 23.0 Å². The van der Waals surface area contributed by atoms with E-state index >= 15 is 0 Å². The van der Waals surface area contributed by atoms with Gasteiger partial charge in [0.05, 0.1) is 6.33 Å². The second-order valence-corrected chi connectivity index (χ2v) is 4.69. The van der Waals surface area contributed by atoms with E-state index < -0.39 is 0 Å². The molecular weight excluding hydrogens is 270 g/mol. The number of aromatic nitrogens is 2. The predicted octanol–water partition coefficient (Wildman–Crippen LogP) is 1.39. The zero-order chi connectivity index (χ0) is 15.4. The summed E-state index contributed by atoms with van der Waals surface area (Å²) >= 11 is 0. The normalized spacial score (nSPS) is 10.2. The number of rotatable bonds is 4. The third kappa shape index (κ3) is 3.62. The van der Waals surface area contributed by atoms with E-state index in [2.05, 4.69) is 10.3 Å². The van der Waals surface area contributed by atoms with Gasteiger partial charge in [0.15, 0.2) is 5.78 Å². The first-order chi connectivity index (χ1) is 9.97. The van der Waals surface area contributed by atoms with E-state index in [1.807, 2.05) is 0 Å². The molecule has 21 heavy (non-hydrogen) atoms. The highest BCUT2D eigenvalue weighted by Gasteiger charge is 2.07. The molecule has 0 aliphatic heterocycles. The van der Waals surface area contributed by atoms with Gasteiger partial charge in [-0.2, -0.15) is 0 Å². The van der Waals surface area contributed by atoms with E-state index in [-0.39, 0.29) is 23.8 Å². The SMILES string of the molecule is CC(=O)c1cccc(NC(=O)Cn2cncc(C)c2=O)c1. The minimum atomic E-state index is -0.356. The molecule has 0 radical (unpaired) electrons. The fourth-order valence-electron chi connectivity index (χ4n) is 1.84. The lowest BCUT2D eigenvalue weighted by Gasteiger charge is -2.08. The first-order valence-corrected chi connectivity index (χ1v) is 6.39. The summed E-state index contributed by atoms with van der Waals surface area (Å²) in [5.41, 5.74) is 1.25. The van der Waals surface area contributed by atoms with Crippen molar-refractivity contribution in [2.24, 2.45) is 0 Å². The summed E-state index contributed by atoms with van der Waals surface area (Å²) in [6.45, 7) is 2.97. The molecule has 108 valence electrons. The molecule has 0 atom stereocenters. The molecular formula is C15H15N3O3. The van der Waals surface area contributed by atoms with Gasteiger partial charge in [-0.25, -0.2) is 4.98 Å². The Morgan fingerprint density at radius 1 is 1.33 bits per heavy atom. The molecule has 1 aromatic heterocycles. The Labute approximate surface area is 121 Å². The lowest BCUT2D eigenvalue weighted by molar-refractivity contribution is -0.116. The highest BCUT2D eigenvalue weighted by atomic mass is 16.2. The van der Waals surface area contributed by atoms with Gasteiger partial charge in [-0.05, 0) is 26.0 Å². The maximum Gasteiger partial charge on any atom is 0.256 e. The monoisotopic (exact) mass is 285 g/mol. The number of carbonyl (C=O) groups excluding carboxylic acids is 2. The molecule has 6 heteroatoms. The maximum absolute atomic E-state index is 11.9. The molecule has 2 rings (SSSR count). The predicted molar refractivity (Wildman–Crippen MR) is 78.3 cm³/mol. The molecule has 2 aromatic rings. The number of nitrogens with zero attached hydrogens (tertiary/aromatic N) is 2. The molecule has 1 heterocycles. The number of Topliss-reactive ketones (excluding diaryl/α,β-unsaturated/α-hetero) is 1. The van der Waals surface area contributed by atoms with Crippen LogP contribution in [-0.2, 0) is 11.3 Å². The van der Waals surface area contributed by atoms with E-state index in [4.69, 9.17) is 0 Å². The highest BCUT2D eigenvalue weighted by molar-refractivity contribution is 5.97. The molecule has 6 nitrogen and oxygen atoms in total. The molecule has 0 spiro atoms. The molecule has 0 saturated carbocycles. The second kappa shape index (κ2) is 6.13. The van der Waals surface area contributed by atoms with Crippen LogP contribution in [0.25, 0.3) is 0 Å². The average molecular weight is 285 g/mol. The molecule has 0 aliphatic rings. The van der Waals surface area contributed by atoms with Gasteiger partial charge in [-0.1, -0.05) is 12.1 Å². The van der Waals surface area contributed by atoms with Crippen LogP contribution < -0.4 is 10.9 Å². The summed E-state index contributed by atoms with van der Waals surface area (Å²) in [7, 11) is 0. The summed E-state index contributed by atoms with van der Waals surface area (Å²) in [6.07, 6.45) is 2.77. The van der Waals surface area contributed by atoms with Crippen LogP contribution in [-0.4, -0.2) is 21.2 Å². The largest absolute Gasteiger partial charge is 0.325 e. The topological polar surface area (TPSA) is 81.1 Å². The van der Waals surface area contributed by atoms with Crippen molar-refractivity contribution in [2.45, 2.75) is 20.4 Å². The standard InChI is InChI=1S/C15H15N3O3/c1-10-7-16-9-18(15(10)21)8-14(20)17-13-5-3-4-12(6-13)11(2)19/h3-7,9H,8H2,1-2H3,(H,17,20). The zero-order valence-corrected chi connectivity index (χ0v) is 11.8. The summed E-state index contributed by atoms with van der Waals surface area (Å²) in [4.78, 5) is 38.9. The summed E-state index contributed by atoms with van der Waals surface area (Å²) < 4.78 is 1.24. The van der Waals surface area contributed by atoms with E-state index in [0.29, 0.717) is 16.8 Å². The molecule has 0 saturated heterocycles. The fourth-order valence-corrected chi connectivity index (χ4v) is 1.84. The third-order valence-corrected chi connectivity index (χ3v) is 2.94. The van der Waals surface area contributed by atoms with Crippen LogP contribution in [0.2, 0.25) is 0 Å². The zero-order valence-electron chi connectivity index (χ0n) is 11.8. The number of nitrogens with one attached hydrogen (secondary N) is 1. The van der Waals surface area contributed by atoms with Crippen LogP contribution in [0.4, 0.5) is 5.69 Å². The van der Waals surface area contributed by atoms with Crippen molar-refractivity contribution in [2.75, 3.05) is 5.32 Å². The van der Waals surface area contributed by atoms with Crippen molar-refractivity contribution in [1.82, 2.24) is 9.55 Å². The van der Waals surface area contributed by atoms with Crippen molar-refractivity contribution in [3.8, 4) is 0 Å². The van der Waals surface area contributed by atoms with Gasteiger partial charge < -0.3 is 5.32 Å². The van der Waals surface area contributed by atoms with Crippen molar-refractivity contribution in [3.05, 3.63) is 58.3 Å². The minimum Gasteiger partial charge on any atom is -0.325 e. The molecule has 0 fully saturated rings. The van der Waals surface area contributed by atoms with Crippen LogP contribution in [0.3, 0.4) is 0 Å². The van der Waals surface area contributed by atoms with E-state index in [1.54, 1.807) is 31.2 Å². The van der Waals surface area contributed by atoms with Gasteiger partial charge >= 0.3 is 0 Å². The van der Waals surface area contributed by atoms with Crippen molar-refractivity contribution < 1.29 is 9.59 Å². The summed E-state index contributed by atoms with van der Waals surface area (Å²) in [5.74, 6) is -0.435. The van der Waals surface area contributed by atoms with Crippen LogP contribution in [0.15, 0.2) is 41.6 Å². The van der Waals surface area contributed by atoms with Gasteiger partial charge in [0.2, 0.25) is 5.91 Å². The summed E-state index contributed by atoms with van der Waals surface area (Å²) in [5, 5.41) is 2.65. The Balaban J connectivity index is 2.12. The van der Waals surface area contributed by atoms with Crippen LogP contribution in [0, 0.1) is 6.92 Å².